The van der Waals surface area contributed by atoms with Crippen molar-refractivity contribution in [2.24, 2.45) is 0 Å². The molecule has 3 aromatic rings. The van der Waals surface area contributed by atoms with Crippen molar-refractivity contribution in [3.63, 3.8) is 0 Å². The summed E-state index contributed by atoms with van der Waals surface area (Å²) < 4.78 is 52.5. The fraction of sp³-hybridized carbons (Fsp3) is 0.333. The highest BCUT2D eigenvalue weighted by molar-refractivity contribution is 6.31. The molecule has 1 heterocycles. The molecule has 1 aliphatic rings. The van der Waals surface area contributed by atoms with Crippen molar-refractivity contribution < 1.29 is 22.6 Å². The molecule has 1 unspecified atom stereocenters. The summed E-state index contributed by atoms with van der Waals surface area (Å²) in [5.74, 6) is 1.12. The first-order chi connectivity index (χ1) is 16.9. The van der Waals surface area contributed by atoms with E-state index in [1.807, 2.05) is 55.5 Å². The molecule has 4 nitrogen and oxygen atoms in total. The molecule has 0 saturated carbocycles. The zero-order chi connectivity index (χ0) is 24.8. The highest BCUT2D eigenvalue weighted by Gasteiger charge is 2.33. The average Bonchev–Trinajstić information content (AvgIpc) is 2.85. The molecular weight excluding hydrogens is 477 g/mol. The summed E-state index contributed by atoms with van der Waals surface area (Å²) in [5, 5.41) is 3.59. The topological polar surface area (TPSA) is 33.7 Å². The average molecular weight is 505 g/mol. The molecule has 0 bridgehead atoms. The van der Waals surface area contributed by atoms with Crippen molar-refractivity contribution in [1.29, 1.82) is 0 Å². The van der Waals surface area contributed by atoms with Gasteiger partial charge in [-0.05, 0) is 53.9 Å². The molecule has 35 heavy (non-hydrogen) atoms. The van der Waals surface area contributed by atoms with Crippen molar-refractivity contribution in [2.75, 3.05) is 32.8 Å². The van der Waals surface area contributed by atoms with Gasteiger partial charge < -0.3 is 14.8 Å². The molecule has 1 N–H and O–H groups in total. The Morgan fingerprint density at radius 2 is 1.69 bits per heavy atom. The van der Waals surface area contributed by atoms with Crippen molar-refractivity contribution >= 4 is 11.6 Å². The van der Waals surface area contributed by atoms with Crippen LogP contribution in [0.4, 0.5) is 13.2 Å². The summed E-state index contributed by atoms with van der Waals surface area (Å²) in [4.78, 5) is 2.15. The number of nitrogens with zero attached hydrogens (tertiary/aromatic N) is 1. The maximum atomic E-state index is 13.5. The number of rotatable bonds is 8. The monoisotopic (exact) mass is 504 g/mol. The Hall–Kier alpha value is -2.74. The lowest BCUT2D eigenvalue weighted by atomic mass is 9.94. The normalized spacial score (nSPS) is 15.6. The quantitative estimate of drug-likeness (QED) is 0.388. The second kappa shape index (κ2) is 11.3. The second-order valence-corrected chi connectivity index (χ2v) is 8.74. The van der Waals surface area contributed by atoms with Gasteiger partial charge in [0.2, 0.25) is 0 Å². The van der Waals surface area contributed by atoms with E-state index in [0.717, 1.165) is 36.3 Å². The largest absolute Gasteiger partial charge is 0.490 e. The van der Waals surface area contributed by atoms with Crippen LogP contribution in [0.15, 0.2) is 66.7 Å². The highest BCUT2D eigenvalue weighted by Crippen LogP contribution is 2.40. The molecule has 1 saturated heterocycles. The fourth-order valence-corrected chi connectivity index (χ4v) is 4.50. The molecule has 3 aromatic carbocycles. The van der Waals surface area contributed by atoms with Crippen LogP contribution >= 0.6 is 11.6 Å². The molecule has 1 atom stereocenters. The molecule has 1 aliphatic heterocycles. The number of ether oxygens (including phenoxy) is 2. The van der Waals surface area contributed by atoms with E-state index in [1.165, 1.54) is 6.07 Å². The Labute approximate surface area is 208 Å². The van der Waals surface area contributed by atoms with E-state index in [9.17, 15) is 13.2 Å². The van der Waals surface area contributed by atoms with Crippen molar-refractivity contribution in [3.8, 4) is 11.5 Å². The van der Waals surface area contributed by atoms with Gasteiger partial charge in [0.05, 0.1) is 18.2 Å². The van der Waals surface area contributed by atoms with Crippen LogP contribution in [0.25, 0.3) is 0 Å². The van der Waals surface area contributed by atoms with Crippen molar-refractivity contribution in [2.45, 2.75) is 25.7 Å². The number of hydrogen-bond donors (Lipinski definition) is 1. The predicted molar refractivity (Wildman–Crippen MR) is 131 cm³/mol. The molecule has 186 valence electrons. The Balaban J connectivity index is 1.72. The number of piperazine rings is 1. The molecule has 1 fully saturated rings. The summed E-state index contributed by atoms with van der Waals surface area (Å²) in [7, 11) is 0. The third kappa shape index (κ3) is 6.28. The molecule has 0 aliphatic carbocycles. The van der Waals surface area contributed by atoms with Gasteiger partial charge in [0.1, 0.15) is 6.61 Å². The van der Waals surface area contributed by atoms with Gasteiger partial charge in [-0.15, -0.1) is 0 Å². The third-order valence-electron chi connectivity index (χ3n) is 5.96. The van der Waals surface area contributed by atoms with Gasteiger partial charge in [-0.3, -0.25) is 4.90 Å². The summed E-state index contributed by atoms with van der Waals surface area (Å²) in [6.45, 7) is 5.51. The number of hydrogen-bond acceptors (Lipinski definition) is 4. The molecule has 8 heteroatoms. The SMILES string of the molecule is CCOc1cc(C(c2cc(C(F)(F)F)ccc2Cl)N2CCNCC2)ccc1OCc1ccccc1. The lowest BCUT2D eigenvalue weighted by Gasteiger charge is -2.36. The smallest absolute Gasteiger partial charge is 0.416 e. The number of halogens is 4. The first-order valence-electron chi connectivity index (χ1n) is 11.6. The summed E-state index contributed by atoms with van der Waals surface area (Å²) >= 11 is 6.49. The molecule has 0 aromatic heterocycles. The van der Waals surface area contributed by atoms with E-state index in [2.05, 4.69) is 10.2 Å². The first kappa shape index (κ1) is 25.4. The van der Waals surface area contributed by atoms with Crippen LogP contribution in [0.2, 0.25) is 5.02 Å². The Kier molecular flexibility index (Phi) is 8.21. The van der Waals surface area contributed by atoms with Crippen LogP contribution in [0.3, 0.4) is 0 Å². The minimum atomic E-state index is -4.46. The number of benzene rings is 3. The van der Waals surface area contributed by atoms with Gasteiger partial charge in [0, 0.05) is 31.2 Å². The van der Waals surface area contributed by atoms with E-state index >= 15 is 0 Å². The minimum Gasteiger partial charge on any atom is -0.490 e. The van der Waals surface area contributed by atoms with E-state index in [-0.39, 0.29) is 0 Å². The molecule has 4 rings (SSSR count). The summed E-state index contributed by atoms with van der Waals surface area (Å²) in [5.41, 5.74) is 1.52. The first-order valence-corrected chi connectivity index (χ1v) is 12.0. The summed E-state index contributed by atoms with van der Waals surface area (Å²) in [6, 6.07) is 18.4. The molecule has 0 amide bonds. The van der Waals surface area contributed by atoms with Crippen LogP contribution in [-0.2, 0) is 12.8 Å². The van der Waals surface area contributed by atoms with E-state index in [1.54, 1.807) is 0 Å². The van der Waals surface area contributed by atoms with Gasteiger partial charge >= 0.3 is 6.18 Å². The molecule has 0 spiro atoms. The molecule has 0 radical (unpaired) electrons. The Morgan fingerprint density at radius 3 is 2.37 bits per heavy atom. The summed E-state index contributed by atoms with van der Waals surface area (Å²) in [6.07, 6.45) is -4.46. The highest BCUT2D eigenvalue weighted by atomic mass is 35.5. The van der Waals surface area contributed by atoms with Gasteiger partial charge in [0.25, 0.3) is 0 Å². The minimum absolute atomic E-state index is 0.295. The van der Waals surface area contributed by atoms with Gasteiger partial charge in [0.15, 0.2) is 11.5 Å². The second-order valence-electron chi connectivity index (χ2n) is 8.34. The number of nitrogens with one attached hydrogen (secondary N) is 1. The van der Waals surface area contributed by atoms with Crippen LogP contribution in [0.5, 0.6) is 11.5 Å². The lowest BCUT2D eigenvalue weighted by Crippen LogP contribution is -2.45. The third-order valence-corrected chi connectivity index (χ3v) is 6.30. The van der Waals surface area contributed by atoms with Crippen LogP contribution in [0, 0.1) is 0 Å². The Morgan fingerprint density at radius 1 is 0.943 bits per heavy atom. The Bertz CT molecular complexity index is 1120. The zero-order valence-corrected chi connectivity index (χ0v) is 20.2. The van der Waals surface area contributed by atoms with Gasteiger partial charge in [-0.25, -0.2) is 0 Å². The lowest BCUT2D eigenvalue weighted by molar-refractivity contribution is -0.137. The van der Waals surface area contributed by atoms with Crippen LogP contribution < -0.4 is 14.8 Å². The molecular formula is C27H28ClF3N2O2. The van der Waals surface area contributed by atoms with Crippen molar-refractivity contribution in [3.05, 3.63) is 94.0 Å². The standard InChI is InChI=1S/C27H28ClF3N2O2/c1-2-34-25-16-20(8-11-24(25)35-18-19-6-4-3-5-7-19)26(33-14-12-32-13-15-33)22-17-21(27(29,30)31)9-10-23(22)28/h3-11,16-17,26,32H,2,12-15,18H2,1H3. The maximum absolute atomic E-state index is 13.5. The van der Waals surface area contributed by atoms with E-state index < -0.39 is 17.8 Å². The fourth-order valence-electron chi connectivity index (χ4n) is 4.27. The van der Waals surface area contributed by atoms with Crippen LogP contribution in [-0.4, -0.2) is 37.7 Å². The van der Waals surface area contributed by atoms with E-state index in [0.29, 0.717) is 48.4 Å². The number of alkyl halides is 3. The van der Waals surface area contributed by atoms with Gasteiger partial charge in [-0.1, -0.05) is 48.0 Å². The van der Waals surface area contributed by atoms with E-state index in [4.69, 9.17) is 21.1 Å². The van der Waals surface area contributed by atoms with Crippen molar-refractivity contribution in [1.82, 2.24) is 10.2 Å². The zero-order valence-electron chi connectivity index (χ0n) is 19.4. The maximum Gasteiger partial charge on any atom is 0.416 e. The van der Waals surface area contributed by atoms with Gasteiger partial charge in [-0.2, -0.15) is 13.2 Å². The predicted octanol–water partition coefficient (Wildman–Crippen LogP) is 6.33. The van der Waals surface area contributed by atoms with Crippen LogP contribution in [0.1, 0.15) is 35.2 Å².